The van der Waals surface area contributed by atoms with Gasteiger partial charge in [-0.15, -0.1) is 0 Å². The predicted molar refractivity (Wildman–Crippen MR) is 115 cm³/mol. The Balaban J connectivity index is 1.67. The van der Waals surface area contributed by atoms with Gasteiger partial charge in [0.2, 0.25) is 0 Å². The normalized spacial score (nSPS) is 15.3. The standard InChI is InChI=1S/C21H25BrN4O4/c1-26-16(20(29)30-2)12-17(25-26)24-19(28)18(27)23-13-21(9-4-3-5-10-21)14-7-6-8-15(22)11-14/h6-8,11-12H,3-5,9-10,13H2,1-2H3,(H,23,27)(H,24,25,28). The lowest BCUT2D eigenvalue weighted by atomic mass is 9.69. The second kappa shape index (κ2) is 9.42. The van der Waals surface area contributed by atoms with Gasteiger partial charge in [-0.3, -0.25) is 14.3 Å². The van der Waals surface area contributed by atoms with Crippen LogP contribution in [-0.4, -0.2) is 41.2 Å². The predicted octanol–water partition coefficient (Wildman–Crippen LogP) is 2.93. The van der Waals surface area contributed by atoms with Crippen LogP contribution in [0.15, 0.2) is 34.8 Å². The smallest absolute Gasteiger partial charge is 0.356 e. The molecule has 1 saturated carbocycles. The van der Waals surface area contributed by atoms with Crippen LogP contribution in [0.2, 0.25) is 0 Å². The van der Waals surface area contributed by atoms with Gasteiger partial charge >= 0.3 is 17.8 Å². The number of benzene rings is 1. The fourth-order valence-electron chi connectivity index (χ4n) is 3.94. The SMILES string of the molecule is COC(=O)c1cc(NC(=O)C(=O)NCC2(c3cccc(Br)c3)CCCCC2)nn1C. The molecule has 160 valence electrons. The molecular formula is C21H25BrN4O4. The van der Waals surface area contributed by atoms with Crippen LogP contribution in [0.25, 0.3) is 0 Å². The summed E-state index contributed by atoms with van der Waals surface area (Å²) in [5, 5.41) is 9.25. The van der Waals surface area contributed by atoms with Crippen LogP contribution in [0.4, 0.5) is 5.82 Å². The molecular weight excluding hydrogens is 452 g/mol. The lowest BCUT2D eigenvalue weighted by molar-refractivity contribution is -0.136. The Bertz CT molecular complexity index is 950. The van der Waals surface area contributed by atoms with Crippen molar-refractivity contribution >= 4 is 39.5 Å². The number of aromatic nitrogens is 2. The Hall–Kier alpha value is -2.68. The Labute approximate surface area is 183 Å². The molecule has 1 aromatic heterocycles. The molecule has 1 aliphatic rings. The number of methoxy groups -OCH3 is 1. The van der Waals surface area contributed by atoms with E-state index < -0.39 is 17.8 Å². The van der Waals surface area contributed by atoms with E-state index in [1.165, 1.54) is 24.3 Å². The molecule has 1 heterocycles. The van der Waals surface area contributed by atoms with Crippen LogP contribution in [0.3, 0.4) is 0 Å². The Morgan fingerprint density at radius 3 is 2.57 bits per heavy atom. The van der Waals surface area contributed by atoms with Gasteiger partial charge in [-0.2, -0.15) is 5.10 Å². The maximum atomic E-state index is 12.5. The molecule has 0 aliphatic heterocycles. The first-order valence-corrected chi connectivity index (χ1v) is 10.6. The van der Waals surface area contributed by atoms with E-state index >= 15 is 0 Å². The number of nitrogens with one attached hydrogen (secondary N) is 2. The van der Waals surface area contributed by atoms with Crippen LogP contribution in [0.5, 0.6) is 0 Å². The number of nitrogens with zero attached hydrogens (tertiary/aromatic N) is 2. The number of rotatable bonds is 5. The minimum Gasteiger partial charge on any atom is -0.464 e. The number of aryl methyl sites for hydroxylation is 1. The summed E-state index contributed by atoms with van der Waals surface area (Å²) >= 11 is 3.52. The van der Waals surface area contributed by atoms with E-state index in [1.54, 1.807) is 7.05 Å². The van der Waals surface area contributed by atoms with Gasteiger partial charge in [-0.1, -0.05) is 47.3 Å². The summed E-state index contributed by atoms with van der Waals surface area (Å²) in [5.41, 5.74) is 1.13. The molecule has 2 N–H and O–H groups in total. The summed E-state index contributed by atoms with van der Waals surface area (Å²) in [6, 6.07) is 9.48. The number of hydrogen-bond donors (Lipinski definition) is 2. The number of carbonyl (C=O) groups excluding carboxylic acids is 3. The molecule has 1 aliphatic carbocycles. The maximum absolute atomic E-state index is 12.5. The van der Waals surface area contributed by atoms with E-state index in [4.69, 9.17) is 0 Å². The lowest BCUT2D eigenvalue weighted by Crippen LogP contribution is -2.45. The molecule has 9 heteroatoms. The van der Waals surface area contributed by atoms with Crippen molar-refractivity contribution in [3.05, 3.63) is 46.1 Å². The van der Waals surface area contributed by atoms with Gasteiger partial charge in [0.1, 0.15) is 5.69 Å². The van der Waals surface area contributed by atoms with Gasteiger partial charge < -0.3 is 15.4 Å². The van der Waals surface area contributed by atoms with Gasteiger partial charge in [-0.05, 0) is 30.5 Å². The van der Waals surface area contributed by atoms with Gasteiger partial charge in [0.15, 0.2) is 5.82 Å². The van der Waals surface area contributed by atoms with Crippen molar-refractivity contribution in [2.45, 2.75) is 37.5 Å². The second-order valence-electron chi connectivity index (χ2n) is 7.52. The summed E-state index contributed by atoms with van der Waals surface area (Å²) in [7, 11) is 2.81. The molecule has 0 atom stereocenters. The summed E-state index contributed by atoms with van der Waals surface area (Å²) in [6.45, 7) is 0.380. The third-order valence-corrected chi connectivity index (χ3v) is 6.05. The molecule has 2 aromatic rings. The molecule has 1 fully saturated rings. The van der Waals surface area contributed by atoms with E-state index in [9.17, 15) is 14.4 Å². The van der Waals surface area contributed by atoms with Crippen LogP contribution in [0, 0.1) is 0 Å². The largest absolute Gasteiger partial charge is 0.464 e. The third-order valence-electron chi connectivity index (χ3n) is 5.56. The van der Waals surface area contributed by atoms with Crippen molar-refractivity contribution in [2.24, 2.45) is 7.05 Å². The molecule has 0 spiro atoms. The van der Waals surface area contributed by atoms with Crippen molar-refractivity contribution in [3.8, 4) is 0 Å². The summed E-state index contributed by atoms with van der Waals surface area (Å²) < 4.78 is 6.93. The molecule has 2 amide bonds. The monoisotopic (exact) mass is 476 g/mol. The first-order chi connectivity index (χ1) is 14.3. The van der Waals surface area contributed by atoms with Crippen molar-refractivity contribution in [1.29, 1.82) is 0 Å². The van der Waals surface area contributed by atoms with E-state index in [0.29, 0.717) is 6.54 Å². The first kappa shape index (κ1) is 22.0. The summed E-state index contributed by atoms with van der Waals surface area (Å²) in [5.74, 6) is -2.04. The molecule has 0 unspecified atom stereocenters. The Morgan fingerprint density at radius 1 is 1.17 bits per heavy atom. The highest BCUT2D eigenvalue weighted by molar-refractivity contribution is 9.10. The Kier molecular flexibility index (Phi) is 6.91. The van der Waals surface area contributed by atoms with Crippen LogP contribution in [-0.2, 0) is 26.8 Å². The zero-order valence-electron chi connectivity index (χ0n) is 17.0. The number of anilines is 1. The summed E-state index contributed by atoms with van der Waals surface area (Å²) in [6.07, 6.45) is 5.24. The zero-order valence-corrected chi connectivity index (χ0v) is 18.6. The van der Waals surface area contributed by atoms with E-state index in [1.807, 2.05) is 12.1 Å². The highest BCUT2D eigenvalue weighted by Gasteiger charge is 2.35. The van der Waals surface area contributed by atoms with Gasteiger partial charge in [-0.25, -0.2) is 4.79 Å². The highest BCUT2D eigenvalue weighted by atomic mass is 79.9. The number of amides is 2. The molecule has 0 saturated heterocycles. The Morgan fingerprint density at radius 2 is 1.90 bits per heavy atom. The second-order valence-corrected chi connectivity index (χ2v) is 8.43. The molecule has 8 nitrogen and oxygen atoms in total. The van der Waals surface area contributed by atoms with E-state index in [2.05, 4.69) is 48.5 Å². The first-order valence-electron chi connectivity index (χ1n) is 9.82. The number of hydrogen-bond acceptors (Lipinski definition) is 5. The molecule has 1 aromatic carbocycles. The van der Waals surface area contributed by atoms with E-state index in [-0.39, 0.29) is 16.9 Å². The van der Waals surface area contributed by atoms with Crippen LogP contribution >= 0.6 is 15.9 Å². The van der Waals surface area contributed by atoms with Crippen molar-refractivity contribution in [1.82, 2.24) is 15.1 Å². The van der Waals surface area contributed by atoms with Crippen molar-refractivity contribution in [2.75, 3.05) is 19.0 Å². The highest BCUT2D eigenvalue weighted by Crippen LogP contribution is 2.39. The van der Waals surface area contributed by atoms with Crippen LogP contribution < -0.4 is 10.6 Å². The van der Waals surface area contributed by atoms with E-state index in [0.717, 1.165) is 35.7 Å². The molecule has 30 heavy (non-hydrogen) atoms. The minimum absolute atomic E-state index is 0.109. The van der Waals surface area contributed by atoms with Crippen LogP contribution in [0.1, 0.15) is 48.2 Å². The zero-order chi connectivity index (χ0) is 21.7. The number of carbonyl (C=O) groups is 3. The molecule has 0 bridgehead atoms. The van der Waals surface area contributed by atoms with Gasteiger partial charge in [0.05, 0.1) is 7.11 Å². The molecule has 0 radical (unpaired) electrons. The van der Waals surface area contributed by atoms with Gasteiger partial charge in [0.25, 0.3) is 0 Å². The third kappa shape index (κ3) is 4.89. The summed E-state index contributed by atoms with van der Waals surface area (Å²) in [4.78, 5) is 36.5. The van der Waals surface area contributed by atoms with Crippen molar-refractivity contribution < 1.29 is 19.1 Å². The number of ether oxygens (including phenoxy) is 1. The average molecular weight is 477 g/mol. The quantitative estimate of drug-likeness (QED) is 0.510. The van der Waals surface area contributed by atoms with Gasteiger partial charge in [0, 0.05) is 29.5 Å². The number of halogens is 1. The average Bonchev–Trinajstić information content (AvgIpc) is 3.12. The van der Waals surface area contributed by atoms with Crippen molar-refractivity contribution in [3.63, 3.8) is 0 Å². The number of esters is 1. The lowest BCUT2D eigenvalue weighted by Gasteiger charge is -2.38. The maximum Gasteiger partial charge on any atom is 0.356 e. The minimum atomic E-state index is -0.829. The fraction of sp³-hybridized carbons (Fsp3) is 0.429. The molecule has 3 rings (SSSR count). The fourth-order valence-corrected chi connectivity index (χ4v) is 4.34. The topological polar surface area (TPSA) is 102 Å².